The first kappa shape index (κ1) is 9.16. The molecule has 0 bridgehead atoms. The Balaban J connectivity index is 0.00000112. The van der Waals surface area contributed by atoms with E-state index in [0.29, 0.717) is 0 Å². The summed E-state index contributed by atoms with van der Waals surface area (Å²) in [7, 11) is 0. The highest BCUT2D eigenvalue weighted by atomic mass is 32.1. The zero-order chi connectivity index (χ0) is 10.1. The minimum Gasteiger partial charge on any atom is -0.264 e. The molecule has 1 aromatic heterocycles. The Morgan fingerprint density at radius 3 is 2.93 bits per heavy atom. The lowest BCUT2D eigenvalue weighted by Gasteiger charge is -2.02. The zero-order valence-corrected chi connectivity index (χ0v) is 8.90. The van der Waals surface area contributed by atoms with Gasteiger partial charge in [0.2, 0.25) is 0 Å². The summed E-state index contributed by atoms with van der Waals surface area (Å²) in [6.45, 7) is 9.50. The molecule has 2 aromatic rings. The van der Waals surface area contributed by atoms with E-state index >= 15 is 0 Å². The number of benzene rings is 1. The van der Waals surface area contributed by atoms with Crippen molar-refractivity contribution in [3.05, 3.63) is 35.2 Å². The summed E-state index contributed by atoms with van der Waals surface area (Å²) < 4.78 is 1.28. The van der Waals surface area contributed by atoms with E-state index in [1.807, 2.05) is 12.1 Å². The average molecular weight is 203 g/mol. The van der Waals surface area contributed by atoms with Crippen LogP contribution in [0, 0.1) is 6.92 Å². The van der Waals surface area contributed by atoms with Gasteiger partial charge in [0, 0.05) is 17.1 Å². The molecule has 0 fully saturated rings. The van der Waals surface area contributed by atoms with E-state index in [9.17, 15) is 0 Å². The van der Waals surface area contributed by atoms with Crippen LogP contribution in [-0.2, 0) is 0 Å². The van der Waals surface area contributed by atoms with Crippen molar-refractivity contribution < 1.29 is 1.43 Å². The summed E-state index contributed by atoms with van der Waals surface area (Å²) in [5.74, 6) is 0. The van der Waals surface area contributed by atoms with E-state index in [2.05, 4.69) is 36.7 Å². The molecular formula is C12H13NS. The second-order valence-corrected chi connectivity index (χ2v) is 4.06. The van der Waals surface area contributed by atoms with Crippen molar-refractivity contribution in [1.82, 2.24) is 0 Å². The van der Waals surface area contributed by atoms with Crippen LogP contribution >= 0.6 is 11.3 Å². The summed E-state index contributed by atoms with van der Waals surface area (Å²) in [6, 6.07) is 4.08. The number of thiophene rings is 1. The molecule has 2 rings (SSSR count). The minimum atomic E-state index is 0. The number of nitrogens with zero attached hydrogens (tertiary/aromatic N) is 1. The van der Waals surface area contributed by atoms with E-state index in [1.165, 1.54) is 15.6 Å². The van der Waals surface area contributed by atoms with Gasteiger partial charge in [0.1, 0.15) is 0 Å². The van der Waals surface area contributed by atoms with Crippen molar-refractivity contribution in [2.45, 2.75) is 6.92 Å². The molecule has 0 amide bonds. The van der Waals surface area contributed by atoms with E-state index in [4.69, 9.17) is 0 Å². The highest BCUT2D eigenvalue weighted by Gasteiger charge is 2.07. The minimum absolute atomic E-state index is 0. The van der Waals surface area contributed by atoms with Crippen molar-refractivity contribution in [3.63, 3.8) is 0 Å². The number of hydrogen-bond acceptors (Lipinski definition) is 2. The molecule has 14 heavy (non-hydrogen) atoms. The molecule has 1 nitrogen and oxygen atoms in total. The van der Waals surface area contributed by atoms with Gasteiger partial charge in [0.05, 0.1) is 5.69 Å². The van der Waals surface area contributed by atoms with Gasteiger partial charge in [0.25, 0.3) is 0 Å². The lowest BCUT2D eigenvalue weighted by atomic mass is 10.1. The Morgan fingerprint density at radius 1 is 1.50 bits per heavy atom. The Morgan fingerprint density at radius 2 is 2.29 bits per heavy atom. The Labute approximate surface area is 88.9 Å². The quantitative estimate of drug-likeness (QED) is 0.640. The second-order valence-electron chi connectivity index (χ2n) is 3.15. The summed E-state index contributed by atoms with van der Waals surface area (Å²) in [5, 5.41) is 3.42. The standard InChI is InChI=1S/C12H11NS.H2/c1-4-9-10(13-3)5-6-11-12(9)8(2)7-14-11;/h4-7H,1,3H2,2H3;1H. The van der Waals surface area contributed by atoms with Crippen molar-refractivity contribution in [2.24, 2.45) is 4.99 Å². The van der Waals surface area contributed by atoms with Crippen molar-refractivity contribution >= 4 is 39.9 Å². The van der Waals surface area contributed by atoms with E-state index in [1.54, 1.807) is 11.3 Å². The van der Waals surface area contributed by atoms with Gasteiger partial charge in [0.15, 0.2) is 0 Å². The highest BCUT2D eigenvalue weighted by molar-refractivity contribution is 7.17. The van der Waals surface area contributed by atoms with Gasteiger partial charge in [-0.25, -0.2) is 0 Å². The van der Waals surface area contributed by atoms with Crippen LogP contribution in [0.5, 0.6) is 0 Å². The lowest BCUT2D eigenvalue weighted by molar-refractivity contribution is 1.54. The highest BCUT2D eigenvalue weighted by Crippen LogP contribution is 2.34. The molecule has 0 aliphatic rings. The SMILES string of the molecule is C=Cc1c(N=C)ccc2scc(C)c12.[HH]. The number of rotatable bonds is 2. The number of aryl methyl sites for hydroxylation is 1. The first-order valence-electron chi connectivity index (χ1n) is 4.38. The molecule has 0 aliphatic carbocycles. The summed E-state index contributed by atoms with van der Waals surface area (Å²) in [4.78, 5) is 4.00. The Hall–Kier alpha value is -1.41. The smallest absolute Gasteiger partial charge is 0.0701 e. The van der Waals surface area contributed by atoms with Gasteiger partial charge in [-0.15, -0.1) is 11.3 Å². The van der Waals surface area contributed by atoms with E-state index in [-0.39, 0.29) is 1.43 Å². The predicted molar refractivity (Wildman–Crippen MR) is 68.0 cm³/mol. The van der Waals surface area contributed by atoms with Crippen LogP contribution in [0.25, 0.3) is 16.2 Å². The summed E-state index contributed by atoms with van der Waals surface area (Å²) in [5.41, 5.74) is 3.29. The van der Waals surface area contributed by atoms with Gasteiger partial charge < -0.3 is 0 Å². The Kier molecular flexibility index (Phi) is 2.22. The molecule has 0 saturated heterocycles. The number of hydrogen-bond donors (Lipinski definition) is 0. The first-order chi connectivity index (χ1) is 6.77. The molecule has 0 spiro atoms. The zero-order valence-electron chi connectivity index (χ0n) is 8.08. The average Bonchev–Trinajstić information content (AvgIpc) is 2.59. The van der Waals surface area contributed by atoms with Crippen LogP contribution in [-0.4, -0.2) is 6.72 Å². The van der Waals surface area contributed by atoms with Crippen molar-refractivity contribution in [1.29, 1.82) is 0 Å². The van der Waals surface area contributed by atoms with Gasteiger partial charge in [-0.05, 0) is 36.7 Å². The fourth-order valence-corrected chi connectivity index (χ4v) is 2.61. The summed E-state index contributed by atoms with van der Waals surface area (Å²) >= 11 is 1.75. The topological polar surface area (TPSA) is 12.4 Å². The van der Waals surface area contributed by atoms with Crippen LogP contribution < -0.4 is 0 Å². The van der Waals surface area contributed by atoms with Gasteiger partial charge in [-0.3, -0.25) is 4.99 Å². The molecule has 72 valence electrons. The van der Waals surface area contributed by atoms with Gasteiger partial charge >= 0.3 is 0 Å². The van der Waals surface area contributed by atoms with Gasteiger partial charge in [-0.2, -0.15) is 0 Å². The molecule has 0 N–H and O–H groups in total. The number of aliphatic imine (C=N–C) groups is 1. The molecule has 0 radical (unpaired) electrons. The van der Waals surface area contributed by atoms with Crippen LogP contribution in [0.4, 0.5) is 5.69 Å². The van der Waals surface area contributed by atoms with E-state index < -0.39 is 0 Å². The molecule has 0 aliphatic heterocycles. The largest absolute Gasteiger partial charge is 0.264 e. The van der Waals surface area contributed by atoms with E-state index in [0.717, 1.165) is 11.3 Å². The molecule has 1 heterocycles. The van der Waals surface area contributed by atoms with Gasteiger partial charge in [-0.1, -0.05) is 12.7 Å². The lowest BCUT2D eigenvalue weighted by Crippen LogP contribution is -1.77. The van der Waals surface area contributed by atoms with Crippen molar-refractivity contribution in [2.75, 3.05) is 0 Å². The molecule has 0 saturated carbocycles. The molecule has 0 unspecified atom stereocenters. The van der Waals surface area contributed by atoms with Crippen LogP contribution in [0.15, 0.2) is 29.1 Å². The normalized spacial score (nSPS) is 10.4. The second kappa shape index (κ2) is 3.39. The third-order valence-electron chi connectivity index (χ3n) is 2.32. The molecule has 2 heteroatoms. The maximum absolute atomic E-state index is 4.00. The van der Waals surface area contributed by atoms with Crippen LogP contribution in [0.3, 0.4) is 0 Å². The fourth-order valence-electron chi connectivity index (χ4n) is 1.65. The van der Waals surface area contributed by atoms with Crippen molar-refractivity contribution in [3.8, 4) is 0 Å². The molecular weight excluding hydrogens is 190 g/mol. The number of fused-ring (bicyclic) bond motifs is 1. The maximum atomic E-state index is 4.00. The Bertz CT molecular complexity index is 514. The predicted octanol–water partition coefficient (Wildman–Crippen LogP) is 4.43. The van der Waals surface area contributed by atoms with Crippen LogP contribution in [0.2, 0.25) is 0 Å². The summed E-state index contributed by atoms with van der Waals surface area (Å²) in [6.07, 6.45) is 1.85. The maximum Gasteiger partial charge on any atom is 0.0701 e. The third kappa shape index (κ3) is 1.19. The molecule has 0 atom stereocenters. The molecule has 1 aromatic carbocycles. The monoisotopic (exact) mass is 203 g/mol. The first-order valence-corrected chi connectivity index (χ1v) is 5.26. The van der Waals surface area contributed by atoms with Crippen LogP contribution in [0.1, 0.15) is 12.6 Å². The third-order valence-corrected chi connectivity index (χ3v) is 3.38. The fraction of sp³-hybridized carbons (Fsp3) is 0.0833.